The molecule has 96 valence electrons. The van der Waals surface area contributed by atoms with Gasteiger partial charge in [-0.05, 0) is 12.8 Å². The van der Waals surface area contributed by atoms with Crippen LogP contribution in [0.4, 0.5) is 0 Å². The van der Waals surface area contributed by atoms with E-state index in [0.717, 1.165) is 25.1 Å². The number of oxazole rings is 1. The third-order valence-corrected chi connectivity index (χ3v) is 2.64. The number of aromatic nitrogens is 1. The Kier molecular flexibility index (Phi) is 4.39. The van der Waals surface area contributed by atoms with Gasteiger partial charge in [0.05, 0.1) is 11.8 Å². The second-order valence-corrected chi connectivity index (χ2v) is 4.59. The van der Waals surface area contributed by atoms with Crippen molar-refractivity contribution in [2.24, 2.45) is 0 Å². The lowest BCUT2D eigenvalue weighted by Crippen LogP contribution is -2.22. The molecule has 1 aliphatic heterocycles. The number of nitrogens with zero attached hydrogens (tertiary/aromatic N) is 1. The maximum atomic E-state index is 5.45. The number of ether oxygens (including phenoxy) is 2. The summed E-state index contributed by atoms with van der Waals surface area (Å²) in [6.07, 6.45) is 4.33. The molecule has 5 nitrogen and oxygen atoms in total. The molecule has 0 saturated carbocycles. The second-order valence-electron chi connectivity index (χ2n) is 4.59. The summed E-state index contributed by atoms with van der Waals surface area (Å²) in [5.41, 5.74) is 0.862. The van der Waals surface area contributed by atoms with E-state index in [-0.39, 0.29) is 6.10 Å². The highest BCUT2D eigenvalue weighted by atomic mass is 16.6. The molecule has 2 rings (SSSR count). The Hall–Kier alpha value is -1.07. The van der Waals surface area contributed by atoms with Gasteiger partial charge < -0.3 is 19.2 Å². The van der Waals surface area contributed by atoms with Crippen LogP contribution in [-0.4, -0.2) is 30.3 Å². The third-order valence-electron chi connectivity index (χ3n) is 2.64. The van der Waals surface area contributed by atoms with E-state index < -0.39 is 0 Å². The molecular weight excluding hydrogens is 220 g/mol. The summed E-state index contributed by atoms with van der Waals surface area (Å²) in [6, 6.07) is 0.433. The maximum absolute atomic E-state index is 5.45. The highest BCUT2D eigenvalue weighted by molar-refractivity contribution is 4.99. The summed E-state index contributed by atoms with van der Waals surface area (Å²) in [6.45, 7) is 6.25. The zero-order valence-electron chi connectivity index (χ0n) is 10.4. The van der Waals surface area contributed by atoms with Crippen LogP contribution in [0.1, 0.15) is 32.4 Å². The monoisotopic (exact) mass is 240 g/mol. The zero-order chi connectivity index (χ0) is 12.1. The molecule has 0 bridgehead atoms. The van der Waals surface area contributed by atoms with Gasteiger partial charge in [-0.2, -0.15) is 4.98 Å². The molecule has 1 atom stereocenters. The van der Waals surface area contributed by atoms with E-state index in [1.54, 1.807) is 6.26 Å². The number of rotatable bonds is 6. The minimum atomic E-state index is 0.194. The normalized spacial score (nSPS) is 20.1. The molecule has 0 spiro atoms. The molecule has 1 N–H and O–H groups in total. The molecule has 17 heavy (non-hydrogen) atoms. The van der Waals surface area contributed by atoms with Crippen LogP contribution in [0.5, 0.6) is 6.08 Å². The van der Waals surface area contributed by atoms with Crippen molar-refractivity contribution in [2.75, 3.05) is 13.2 Å². The largest absolute Gasteiger partial charge is 0.447 e. The third kappa shape index (κ3) is 4.02. The van der Waals surface area contributed by atoms with Gasteiger partial charge >= 0.3 is 6.08 Å². The van der Waals surface area contributed by atoms with E-state index in [2.05, 4.69) is 24.1 Å². The van der Waals surface area contributed by atoms with Crippen molar-refractivity contribution in [3.05, 3.63) is 12.0 Å². The van der Waals surface area contributed by atoms with Crippen molar-refractivity contribution in [2.45, 2.75) is 45.4 Å². The van der Waals surface area contributed by atoms with Crippen molar-refractivity contribution in [1.29, 1.82) is 0 Å². The van der Waals surface area contributed by atoms with Crippen LogP contribution in [0, 0.1) is 0 Å². The molecule has 1 aromatic heterocycles. The van der Waals surface area contributed by atoms with E-state index in [0.29, 0.717) is 25.3 Å². The van der Waals surface area contributed by atoms with Crippen LogP contribution in [0.2, 0.25) is 0 Å². The van der Waals surface area contributed by atoms with Gasteiger partial charge in [0, 0.05) is 19.2 Å². The molecule has 1 aromatic rings. The van der Waals surface area contributed by atoms with Crippen molar-refractivity contribution in [3.8, 4) is 6.08 Å². The van der Waals surface area contributed by atoms with Crippen LogP contribution >= 0.6 is 0 Å². The molecule has 0 aromatic carbocycles. The lowest BCUT2D eigenvalue weighted by Gasteiger charge is -2.07. The Bertz CT molecular complexity index is 332. The molecule has 2 heterocycles. The van der Waals surface area contributed by atoms with Gasteiger partial charge in [-0.1, -0.05) is 13.8 Å². The first-order valence-corrected chi connectivity index (χ1v) is 6.16. The van der Waals surface area contributed by atoms with E-state index in [1.165, 1.54) is 0 Å². The minimum Gasteiger partial charge on any atom is -0.447 e. The zero-order valence-corrected chi connectivity index (χ0v) is 10.4. The van der Waals surface area contributed by atoms with Gasteiger partial charge in [0.1, 0.15) is 12.9 Å². The van der Waals surface area contributed by atoms with Gasteiger partial charge in [0.25, 0.3) is 0 Å². The lowest BCUT2D eigenvalue weighted by molar-refractivity contribution is 0.0565. The Morgan fingerprint density at radius 1 is 1.59 bits per heavy atom. The van der Waals surface area contributed by atoms with Gasteiger partial charge in [0.2, 0.25) is 0 Å². The number of hydrogen-bond donors (Lipinski definition) is 1. The summed E-state index contributed by atoms with van der Waals surface area (Å²) in [7, 11) is 0. The van der Waals surface area contributed by atoms with Crippen molar-refractivity contribution >= 4 is 0 Å². The summed E-state index contributed by atoms with van der Waals surface area (Å²) in [4.78, 5) is 4.24. The predicted octanol–water partition coefficient (Wildman–Crippen LogP) is 1.73. The first-order valence-electron chi connectivity index (χ1n) is 6.16. The highest BCUT2D eigenvalue weighted by Gasteiger charge is 2.17. The van der Waals surface area contributed by atoms with Gasteiger partial charge in [-0.15, -0.1) is 0 Å². The standard InChI is InChI=1S/C12H20N2O3/c1-9(2)13-6-10-7-16-12(14-10)17-8-11-4-3-5-15-11/h7,9,11,13H,3-6,8H2,1-2H3. The summed E-state index contributed by atoms with van der Waals surface area (Å²) < 4.78 is 16.1. The fraction of sp³-hybridized carbons (Fsp3) is 0.750. The van der Waals surface area contributed by atoms with Crippen molar-refractivity contribution in [3.63, 3.8) is 0 Å². The molecule has 0 aliphatic carbocycles. The van der Waals surface area contributed by atoms with Gasteiger partial charge in [-0.25, -0.2) is 0 Å². The molecule has 0 radical (unpaired) electrons. The van der Waals surface area contributed by atoms with Crippen LogP contribution in [0.25, 0.3) is 0 Å². The van der Waals surface area contributed by atoms with Crippen LogP contribution in [0.3, 0.4) is 0 Å². The smallest absolute Gasteiger partial charge is 0.393 e. The number of hydrogen-bond acceptors (Lipinski definition) is 5. The molecule has 1 unspecified atom stereocenters. The SMILES string of the molecule is CC(C)NCc1coc(OCC2CCCO2)n1. The van der Waals surface area contributed by atoms with Crippen LogP contribution < -0.4 is 10.1 Å². The van der Waals surface area contributed by atoms with Crippen molar-refractivity contribution < 1.29 is 13.9 Å². The minimum absolute atomic E-state index is 0.194. The van der Waals surface area contributed by atoms with Gasteiger partial charge in [-0.3, -0.25) is 0 Å². The molecule has 1 saturated heterocycles. The molecule has 1 aliphatic rings. The molecular formula is C12H20N2O3. The Morgan fingerprint density at radius 2 is 2.47 bits per heavy atom. The Balaban J connectivity index is 1.73. The molecule has 1 fully saturated rings. The average Bonchev–Trinajstić information content (AvgIpc) is 2.95. The second kappa shape index (κ2) is 6.02. The Labute approximate surface area is 102 Å². The summed E-state index contributed by atoms with van der Waals surface area (Å²) in [5.74, 6) is 0. The predicted molar refractivity (Wildman–Crippen MR) is 62.9 cm³/mol. The van der Waals surface area contributed by atoms with E-state index in [1.807, 2.05) is 0 Å². The van der Waals surface area contributed by atoms with E-state index in [4.69, 9.17) is 13.9 Å². The van der Waals surface area contributed by atoms with Crippen molar-refractivity contribution in [1.82, 2.24) is 10.3 Å². The fourth-order valence-electron chi connectivity index (χ4n) is 1.68. The Morgan fingerprint density at radius 3 is 3.18 bits per heavy atom. The molecule has 0 amide bonds. The van der Waals surface area contributed by atoms with E-state index >= 15 is 0 Å². The fourth-order valence-corrected chi connectivity index (χ4v) is 1.68. The maximum Gasteiger partial charge on any atom is 0.393 e. The highest BCUT2D eigenvalue weighted by Crippen LogP contribution is 2.15. The lowest BCUT2D eigenvalue weighted by atomic mass is 10.2. The summed E-state index contributed by atoms with van der Waals surface area (Å²) in [5, 5.41) is 3.27. The molecule has 5 heteroatoms. The topological polar surface area (TPSA) is 56.5 Å². The van der Waals surface area contributed by atoms with Gasteiger partial charge in [0.15, 0.2) is 0 Å². The first-order chi connectivity index (χ1) is 8.24. The first kappa shape index (κ1) is 12.4. The quantitative estimate of drug-likeness (QED) is 0.820. The summed E-state index contributed by atoms with van der Waals surface area (Å²) >= 11 is 0. The average molecular weight is 240 g/mol. The van der Waals surface area contributed by atoms with Crippen LogP contribution in [0.15, 0.2) is 10.7 Å². The number of nitrogens with one attached hydrogen (secondary N) is 1. The van der Waals surface area contributed by atoms with Crippen LogP contribution in [-0.2, 0) is 11.3 Å². The van der Waals surface area contributed by atoms with E-state index in [9.17, 15) is 0 Å².